The summed E-state index contributed by atoms with van der Waals surface area (Å²) < 4.78 is 10.7. The average molecular weight is 252 g/mol. The fraction of sp³-hybridized carbons (Fsp3) is 0.692. The van der Waals surface area contributed by atoms with E-state index in [1.807, 2.05) is 27.7 Å². The van der Waals surface area contributed by atoms with Gasteiger partial charge in [0.15, 0.2) is 5.69 Å². The molecule has 18 heavy (non-hydrogen) atoms. The molecular formula is C13H20N2O3. The van der Waals surface area contributed by atoms with Gasteiger partial charge in [0.25, 0.3) is 5.91 Å². The third-order valence-electron chi connectivity index (χ3n) is 2.92. The smallest absolute Gasteiger partial charge is 0.276 e. The number of ether oxygens (including phenoxy) is 1. The van der Waals surface area contributed by atoms with Gasteiger partial charge in [-0.1, -0.05) is 19.0 Å². The van der Waals surface area contributed by atoms with E-state index >= 15 is 0 Å². The van der Waals surface area contributed by atoms with Crippen LogP contribution in [0.15, 0.2) is 10.6 Å². The minimum atomic E-state index is -0.0748. The minimum Gasteiger partial charge on any atom is -0.372 e. The molecule has 0 radical (unpaired) electrons. The molecule has 0 spiro atoms. The molecule has 2 heterocycles. The Bertz CT molecular complexity index is 420. The van der Waals surface area contributed by atoms with Crippen LogP contribution in [-0.2, 0) is 4.74 Å². The first-order valence-corrected chi connectivity index (χ1v) is 6.38. The van der Waals surface area contributed by atoms with E-state index < -0.39 is 0 Å². The molecule has 0 unspecified atom stereocenters. The van der Waals surface area contributed by atoms with Gasteiger partial charge in [0.2, 0.25) is 0 Å². The Morgan fingerprint density at radius 2 is 2.11 bits per heavy atom. The van der Waals surface area contributed by atoms with Gasteiger partial charge in [-0.2, -0.15) is 0 Å². The van der Waals surface area contributed by atoms with Crippen LogP contribution in [0.1, 0.15) is 49.9 Å². The molecule has 2 rings (SSSR count). The zero-order chi connectivity index (χ0) is 13.3. The van der Waals surface area contributed by atoms with Crippen LogP contribution in [0.25, 0.3) is 0 Å². The van der Waals surface area contributed by atoms with E-state index in [0.29, 0.717) is 18.8 Å². The number of carbonyl (C=O) groups excluding carboxylic acids is 1. The van der Waals surface area contributed by atoms with Crippen LogP contribution in [-0.4, -0.2) is 41.3 Å². The molecule has 0 N–H and O–H groups in total. The van der Waals surface area contributed by atoms with Crippen molar-refractivity contribution < 1.29 is 14.1 Å². The summed E-state index contributed by atoms with van der Waals surface area (Å²) in [7, 11) is 0. The lowest BCUT2D eigenvalue weighted by atomic mass is 10.1. The Hall–Kier alpha value is -1.36. The van der Waals surface area contributed by atoms with Crippen molar-refractivity contribution >= 4 is 5.91 Å². The number of hydrogen-bond donors (Lipinski definition) is 0. The number of aromatic nitrogens is 1. The molecule has 0 bridgehead atoms. The molecule has 1 aromatic heterocycles. The van der Waals surface area contributed by atoms with Crippen LogP contribution in [0.2, 0.25) is 0 Å². The number of hydrogen-bond acceptors (Lipinski definition) is 4. The Morgan fingerprint density at radius 3 is 2.61 bits per heavy atom. The molecule has 1 aliphatic rings. The predicted octanol–water partition coefficient (Wildman–Crippen LogP) is 2.05. The van der Waals surface area contributed by atoms with Crippen LogP contribution in [0.5, 0.6) is 0 Å². The molecular weight excluding hydrogens is 232 g/mol. The molecule has 0 aliphatic carbocycles. The van der Waals surface area contributed by atoms with E-state index in [2.05, 4.69) is 5.16 Å². The first kappa shape index (κ1) is 13.1. The van der Waals surface area contributed by atoms with Gasteiger partial charge in [0.1, 0.15) is 5.76 Å². The van der Waals surface area contributed by atoms with Crippen molar-refractivity contribution in [3.8, 4) is 0 Å². The van der Waals surface area contributed by atoms with Crippen molar-refractivity contribution in [3.63, 3.8) is 0 Å². The summed E-state index contributed by atoms with van der Waals surface area (Å²) in [6, 6.07) is 1.73. The average Bonchev–Trinajstić information content (AvgIpc) is 2.70. The largest absolute Gasteiger partial charge is 0.372 e. The maximum atomic E-state index is 12.0. The second kappa shape index (κ2) is 5.10. The highest BCUT2D eigenvalue weighted by Gasteiger charge is 2.33. The van der Waals surface area contributed by atoms with Gasteiger partial charge in [0, 0.05) is 25.1 Å². The highest BCUT2D eigenvalue weighted by Crippen LogP contribution is 2.20. The van der Waals surface area contributed by atoms with E-state index in [9.17, 15) is 4.79 Å². The first-order chi connectivity index (χ1) is 8.47. The fourth-order valence-corrected chi connectivity index (χ4v) is 1.90. The van der Waals surface area contributed by atoms with Gasteiger partial charge in [0.05, 0.1) is 12.2 Å². The van der Waals surface area contributed by atoms with Gasteiger partial charge in [-0.05, 0) is 13.8 Å². The van der Waals surface area contributed by atoms with Crippen LogP contribution < -0.4 is 0 Å². The lowest BCUT2D eigenvalue weighted by molar-refractivity contribution is -0.0686. The van der Waals surface area contributed by atoms with Crippen LogP contribution in [0.4, 0.5) is 0 Å². The zero-order valence-electron chi connectivity index (χ0n) is 11.3. The monoisotopic (exact) mass is 252 g/mol. The van der Waals surface area contributed by atoms with Gasteiger partial charge >= 0.3 is 0 Å². The fourth-order valence-electron chi connectivity index (χ4n) is 1.90. The summed E-state index contributed by atoms with van der Waals surface area (Å²) in [5.74, 6) is 0.913. The SMILES string of the molecule is CC(C)OC1CN(C(=O)c2cc(C(C)C)on2)C1. The van der Waals surface area contributed by atoms with Gasteiger partial charge < -0.3 is 14.2 Å². The van der Waals surface area contributed by atoms with Crippen molar-refractivity contribution in [1.82, 2.24) is 10.1 Å². The van der Waals surface area contributed by atoms with E-state index in [4.69, 9.17) is 9.26 Å². The number of likely N-dealkylation sites (tertiary alicyclic amines) is 1. The standard InChI is InChI=1S/C13H20N2O3/c1-8(2)12-5-11(14-18-12)13(16)15-6-10(7-15)17-9(3)4/h5,8-10H,6-7H2,1-4H3. The number of amides is 1. The lowest BCUT2D eigenvalue weighted by Crippen LogP contribution is -2.55. The molecule has 1 aliphatic heterocycles. The third-order valence-corrected chi connectivity index (χ3v) is 2.92. The van der Waals surface area contributed by atoms with Crippen LogP contribution in [0.3, 0.4) is 0 Å². The summed E-state index contributed by atoms with van der Waals surface area (Å²) in [4.78, 5) is 13.8. The summed E-state index contributed by atoms with van der Waals surface area (Å²) in [5, 5.41) is 3.82. The number of carbonyl (C=O) groups is 1. The van der Waals surface area contributed by atoms with Crippen molar-refractivity contribution in [3.05, 3.63) is 17.5 Å². The highest BCUT2D eigenvalue weighted by molar-refractivity contribution is 5.92. The molecule has 1 amide bonds. The molecule has 0 aromatic carbocycles. The zero-order valence-corrected chi connectivity index (χ0v) is 11.3. The summed E-state index contributed by atoms with van der Waals surface area (Å²) >= 11 is 0. The minimum absolute atomic E-state index is 0.0748. The summed E-state index contributed by atoms with van der Waals surface area (Å²) in [5.41, 5.74) is 0.390. The summed E-state index contributed by atoms with van der Waals surface area (Å²) in [6.07, 6.45) is 0.359. The van der Waals surface area contributed by atoms with Crippen LogP contribution in [0, 0.1) is 0 Å². The Balaban J connectivity index is 1.89. The molecule has 5 nitrogen and oxygen atoms in total. The second-order valence-corrected chi connectivity index (χ2v) is 5.29. The van der Waals surface area contributed by atoms with E-state index in [-0.39, 0.29) is 24.0 Å². The van der Waals surface area contributed by atoms with E-state index in [0.717, 1.165) is 5.76 Å². The topological polar surface area (TPSA) is 55.6 Å². The van der Waals surface area contributed by atoms with Crippen molar-refractivity contribution in [2.24, 2.45) is 0 Å². The molecule has 1 fully saturated rings. The van der Waals surface area contributed by atoms with Crippen molar-refractivity contribution in [1.29, 1.82) is 0 Å². The normalized spacial score (nSPS) is 16.4. The first-order valence-electron chi connectivity index (χ1n) is 6.38. The maximum Gasteiger partial charge on any atom is 0.276 e. The Morgan fingerprint density at radius 1 is 1.44 bits per heavy atom. The lowest BCUT2D eigenvalue weighted by Gasteiger charge is -2.39. The van der Waals surface area contributed by atoms with E-state index in [1.165, 1.54) is 0 Å². The Kier molecular flexibility index (Phi) is 3.71. The van der Waals surface area contributed by atoms with Crippen molar-refractivity contribution in [2.45, 2.75) is 45.8 Å². The van der Waals surface area contributed by atoms with E-state index in [1.54, 1.807) is 11.0 Å². The third kappa shape index (κ3) is 2.72. The molecule has 0 atom stereocenters. The van der Waals surface area contributed by atoms with Gasteiger partial charge in [-0.15, -0.1) is 0 Å². The number of nitrogens with zero attached hydrogens (tertiary/aromatic N) is 2. The highest BCUT2D eigenvalue weighted by atomic mass is 16.5. The van der Waals surface area contributed by atoms with Gasteiger partial charge in [-0.25, -0.2) is 0 Å². The van der Waals surface area contributed by atoms with Crippen LogP contribution >= 0.6 is 0 Å². The second-order valence-electron chi connectivity index (χ2n) is 5.29. The maximum absolute atomic E-state index is 12.0. The summed E-state index contributed by atoms with van der Waals surface area (Å²) in [6.45, 7) is 9.28. The van der Waals surface area contributed by atoms with Gasteiger partial charge in [-0.3, -0.25) is 4.79 Å². The molecule has 0 saturated carbocycles. The molecule has 5 heteroatoms. The predicted molar refractivity (Wildman–Crippen MR) is 66.5 cm³/mol. The quantitative estimate of drug-likeness (QED) is 0.823. The number of rotatable bonds is 4. The van der Waals surface area contributed by atoms with Crippen molar-refractivity contribution in [2.75, 3.05) is 13.1 Å². The molecule has 1 aromatic rings. The molecule has 100 valence electrons. The Labute approximate surface area is 107 Å². The molecule has 1 saturated heterocycles.